The standard InChI is InChI=1S/C22H32N6O5/c1-3-22(6-4-7-25-22)19(15-5-8-27(12-15)21(23)24)20(32)28-10-9-26(14-17(29)30)13-16(28)11-18(31)33-2/h4-7,16,19H,3,8-14H2,1-2H3,(H3,23,24)(H,29,30). The van der Waals surface area contributed by atoms with Gasteiger partial charge in [0.15, 0.2) is 5.96 Å². The molecule has 1 amide bonds. The number of allylic oxidation sites excluding steroid dienone is 1. The molecular weight excluding hydrogens is 428 g/mol. The van der Waals surface area contributed by atoms with Crippen LogP contribution in [0.25, 0.3) is 0 Å². The van der Waals surface area contributed by atoms with Crippen LogP contribution < -0.4 is 5.73 Å². The molecule has 11 heteroatoms. The predicted molar refractivity (Wildman–Crippen MR) is 122 cm³/mol. The van der Waals surface area contributed by atoms with Gasteiger partial charge in [0.25, 0.3) is 0 Å². The van der Waals surface area contributed by atoms with Crippen LogP contribution >= 0.6 is 0 Å². The van der Waals surface area contributed by atoms with Gasteiger partial charge in [-0.25, -0.2) is 0 Å². The summed E-state index contributed by atoms with van der Waals surface area (Å²) < 4.78 is 4.84. The number of nitrogens with zero attached hydrogens (tertiary/aromatic N) is 4. The zero-order valence-electron chi connectivity index (χ0n) is 19.1. The fourth-order valence-corrected chi connectivity index (χ4v) is 4.84. The second-order valence-corrected chi connectivity index (χ2v) is 8.55. The van der Waals surface area contributed by atoms with E-state index in [0.29, 0.717) is 32.6 Å². The number of carboxylic acids is 1. The highest BCUT2D eigenvalue weighted by Gasteiger charge is 2.47. The summed E-state index contributed by atoms with van der Waals surface area (Å²) in [6.07, 6.45) is 7.95. The molecule has 3 rings (SSSR count). The van der Waals surface area contributed by atoms with Crippen LogP contribution in [0.3, 0.4) is 0 Å². The van der Waals surface area contributed by atoms with Crippen LogP contribution in [0.4, 0.5) is 0 Å². The number of hydrogen-bond acceptors (Lipinski definition) is 7. The van der Waals surface area contributed by atoms with Gasteiger partial charge in [-0.15, -0.1) is 0 Å². The highest BCUT2D eigenvalue weighted by atomic mass is 16.5. The minimum atomic E-state index is -0.958. The monoisotopic (exact) mass is 460 g/mol. The molecule has 0 bridgehead atoms. The Morgan fingerprint density at radius 3 is 2.70 bits per heavy atom. The molecule has 1 fully saturated rings. The summed E-state index contributed by atoms with van der Waals surface area (Å²) in [4.78, 5) is 47.2. The van der Waals surface area contributed by atoms with Crippen molar-refractivity contribution in [2.24, 2.45) is 16.6 Å². The number of ether oxygens (including phenoxy) is 1. The van der Waals surface area contributed by atoms with E-state index < -0.39 is 29.4 Å². The first-order valence-corrected chi connectivity index (χ1v) is 11.0. The van der Waals surface area contributed by atoms with Crippen molar-refractivity contribution in [1.29, 1.82) is 5.41 Å². The van der Waals surface area contributed by atoms with Crippen LogP contribution in [0, 0.1) is 11.3 Å². The smallest absolute Gasteiger partial charge is 0.317 e. The third kappa shape index (κ3) is 5.24. The molecule has 3 aliphatic rings. The van der Waals surface area contributed by atoms with Crippen LogP contribution in [-0.2, 0) is 19.1 Å². The van der Waals surface area contributed by atoms with Crippen molar-refractivity contribution in [3.8, 4) is 0 Å². The predicted octanol–water partition coefficient (Wildman–Crippen LogP) is -0.312. The zero-order valence-corrected chi connectivity index (χ0v) is 19.1. The van der Waals surface area contributed by atoms with E-state index in [-0.39, 0.29) is 31.4 Å². The highest BCUT2D eigenvalue weighted by molar-refractivity contribution is 5.88. The van der Waals surface area contributed by atoms with Gasteiger partial charge in [0.1, 0.15) is 0 Å². The van der Waals surface area contributed by atoms with E-state index in [2.05, 4.69) is 4.99 Å². The lowest BCUT2D eigenvalue weighted by Crippen LogP contribution is -2.59. The first kappa shape index (κ1) is 24.4. The number of guanidine groups is 1. The number of methoxy groups -OCH3 is 1. The fourth-order valence-electron chi connectivity index (χ4n) is 4.84. The van der Waals surface area contributed by atoms with Crippen molar-refractivity contribution in [2.75, 3.05) is 46.4 Å². The van der Waals surface area contributed by atoms with Gasteiger partial charge in [0, 0.05) is 38.9 Å². The number of amides is 1. The van der Waals surface area contributed by atoms with Crippen molar-refractivity contribution >= 4 is 30.0 Å². The van der Waals surface area contributed by atoms with Crippen molar-refractivity contribution in [3.63, 3.8) is 0 Å². The maximum Gasteiger partial charge on any atom is 0.317 e. The molecule has 0 aromatic carbocycles. The van der Waals surface area contributed by atoms with E-state index in [0.717, 1.165) is 5.57 Å². The quantitative estimate of drug-likeness (QED) is 0.193. The van der Waals surface area contributed by atoms with Crippen molar-refractivity contribution in [1.82, 2.24) is 14.7 Å². The Labute approximate surface area is 193 Å². The average Bonchev–Trinajstić information content (AvgIpc) is 3.44. The summed E-state index contributed by atoms with van der Waals surface area (Å²) in [7, 11) is 1.29. The van der Waals surface area contributed by atoms with Gasteiger partial charge in [-0.2, -0.15) is 0 Å². The van der Waals surface area contributed by atoms with Gasteiger partial charge in [-0.1, -0.05) is 19.1 Å². The topological polar surface area (TPSA) is 153 Å². The van der Waals surface area contributed by atoms with E-state index in [1.165, 1.54) is 7.11 Å². The number of esters is 1. The molecule has 0 spiro atoms. The molecule has 3 unspecified atom stereocenters. The number of hydrogen-bond donors (Lipinski definition) is 3. The number of carbonyl (C=O) groups excluding carboxylic acids is 2. The number of carbonyl (C=O) groups is 3. The maximum atomic E-state index is 14.1. The van der Waals surface area contributed by atoms with Gasteiger partial charge in [-0.3, -0.25) is 29.7 Å². The third-order valence-corrected chi connectivity index (χ3v) is 6.60. The number of piperazine rings is 1. The Balaban J connectivity index is 1.92. The van der Waals surface area contributed by atoms with E-state index in [1.54, 1.807) is 20.9 Å². The summed E-state index contributed by atoms with van der Waals surface area (Å²) in [5.74, 6) is -2.26. The lowest BCUT2D eigenvalue weighted by molar-refractivity contribution is -0.148. The molecule has 0 aromatic heterocycles. The molecule has 180 valence electrons. The van der Waals surface area contributed by atoms with E-state index in [4.69, 9.17) is 15.9 Å². The molecule has 0 aromatic rings. The third-order valence-electron chi connectivity index (χ3n) is 6.60. The molecule has 3 aliphatic heterocycles. The Kier molecular flexibility index (Phi) is 7.52. The minimum absolute atomic E-state index is 0.0259. The molecular formula is C22H32N6O5. The van der Waals surface area contributed by atoms with Crippen LogP contribution in [0.2, 0.25) is 0 Å². The molecule has 0 saturated carbocycles. The maximum absolute atomic E-state index is 14.1. The Bertz CT molecular complexity index is 886. The number of carboxylic acid groups (broad SMARTS) is 1. The molecule has 33 heavy (non-hydrogen) atoms. The Hall–Kier alpha value is -3.21. The van der Waals surface area contributed by atoms with Crippen LogP contribution in [0.1, 0.15) is 19.8 Å². The largest absolute Gasteiger partial charge is 0.480 e. The van der Waals surface area contributed by atoms with Gasteiger partial charge in [0.2, 0.25) is 5.91 Å². The molecule has 0 radical (unpaired) electrons. The second kappa shape index (κ2) is 10.2. The first-order chi connectivity index (χ1) is 15.7. The number of aliphatic imine (C=N–C) groups is 1. The van der Waals surface area contributed by atoms with E-state index in [9.17, 15) is 19.5 Å². The molecule has 1 saturated heterocycles. The van der Waals surface area contributed by atoms with Gasteiger partial charge >= 0.3 is 11.9 Å². The summed E-state index contributed by atoms with van der Waals surface area (Å²) in [5.41, 5.74) is 5.76. The number of rotatable bonds is 8. The van der Waals surface area contributed by atoms with Gasteiger partial charge in [-0.05, 0) is 18.1 Å². The highest BCUT2D eigenvalue weighted by Crippen LogP contribution is 2.39. The van der Waals surface area contributed by atoms with Crippen molar-refractivity contribution < 1.29 is 24.2 Å². The average molecular weight is 461 g/mol. The summed E-state index contributed by atoms with van der Waals surface area (Å²) in [5, 5.41) is 17.0. The minimum Gasteiger partial charge on any atom is -0.480 e. The van der Waals surface area contributed by atoms with Crippen LogP contribution in [0.5, 0.6) is 0 Å². The number of aliphatic carboxylic acids is 1. The first-order valence-electron chi connectivity index (χ1n) is 11.0. The van der Waals surface area contributed by atoms with Gasteiger partial charge < -0.3 is 25.4 Å². The summed E-state index contributed by atoms with van der Waals surface area (Å²) in [6.45, 7) is 3.56. The van der Waals surface area contributed by atoms with E-state index in [1.807, 2.05) is 25.2 Å². The molecule has 4 N–H and O–H groups in total. The molecule has 3 heterocycles. The van der Waals surface area contributed by atoms with Gasteiger partial charge in [0.05, 0.1) is 37.6 Å². The van der Waals surface area contributed by atoms with Crippen molar-refractivity contribution in [2.45, 2.75) is 31.3 Å². The van der Waals surface area contributed by atoms with Crippen LogP contribution in [0.15, 0.2) is 28.8 Å². The van der Waals surface area contributed by atoms with Crippen molar-refractivity contribution in [3.05, 3.63) is 23.8 Å². The van der Waals surface area contributed by atoms with E-state index >= 15 is 0 Å². The Morgan fingerprint density at radius 1 is 1.39 bits per heavy atom. The van der Waals surface area contributed by atoms with Crippen LogP contribution in [-0.4, -0.2) is 108 Å². The zero-order chi connectivity index (χ0) is 24.2. The second-order valence-electron chi connectivity index (χ2n) is 8.55. The summed E-state index contributed by atoms with van der Waals surface area (Å²) in [6, 6.07) is -0.519. The molecule has 11 nitrogen and oxygen atoms in total. The summed E-state index contributed by atoms with van der Waals surface area (Å²) >= 11 is 0. The Morgan fingerprint density at radius 2 is 2.15 bits per heavy atom. The lowest BCUT2D eigenvalue weighted by atomic mass is 9.76. The number of nitrogens with two attached hydrogens (primary N) is 1. The lowest BCUT2D eigenvalue weighted by Gasteiger charge is -2.44. The SMILES string of the molecule is CCC1(C(C(=O)N2CCN(CC(=O)O)CC2CC(=O)OC)C2=CCN(C(=N)N)C2)C=CC=N1. The number of nitrogens with one attached hydrogen (secondary N) is 1. The molecule has 0 aliphatic carbocycles. The molecule has 3 atom stereocenters. The normalized spacial score (nSPS) is 25.8. The fraction of sp³-hybridized carbons (Fsp3) is 0.591.